The first kappa shape index (κ1) is 15.4. The molecule has 1 aromatic carbocycles. The monoisotopic (exact) mass is 327 g/mol. The molecule has 2 heterocycles. The van der Waals surface area contributed by atoms with Crippen molar-refractivity contribution in [3.05, 3.63) is 52.2 Å². The highest BCUT2D eigenvalue weighted by Crippen LogP contribution is 2.24. The molecule has 6 heteroatoms. The van der Waals surface area contributed by atoms with Crippen LogP contribution in [0.5, 0.6) is 0 Å². The number of hydrogen-bond acceptors (Lipinski definition) is 4. The number of benzene rings is 1. The van der Waals surface area contributed by atoms with E-state index in [1.165, 1.54) is 0 Å². The Labute approximate surface area is 138 Å². The van der Waals surface area contributed by atoms with Gasteiger partial charge < -0.3 is 4.90 Å². The van der Waals surface area contributed by atoms with Crippen molar-refractivity contribution in [3.63, 3.8) is 0 Å². The van der Waals surface area contributed by atoms with Crippen LogP contribution in [0.4, 0.5) is 5.69 Å². The maximum absolute atomic E-state index is 12.2. The molecule has 1 aromatic heterocycles. The lowest BCUT2D eigenvalue weighted by molar-refractivity contribution is -0.126. The second-order valence-electron chi connectivity index (χ2n) is 5.44. The molecule has 1 aliphatic rings. The Morgan fingerprint density at radius 1 is 1.35 bits per heavy atom. The van der Waals surface area contributed by atoms with Gasteiger partial charge in [0.2, 0.25) is 11.8 Å². The molecule has 0 unspecified atom stereocenters. The molecular weight excluding hydrogens is 310 g/mol. The van der Waals surface area contributed by atoms with Crippen LogP contribution in [0.1, 0.15) is 16.9 Å². The van der Waals surface area contributed by atoms with Gasteiger partial charge in [-0.15, -0.1) is 11.3 Å². The number of rotatable bonds is 4. The summed E-state index contributed by atoms with van der Waals surface area (Å²) in [7, 11) is 0. The van der Waals surface area contributed by atoms with Crippen molar-refractivity contribution in [1.82, 2.24) is 5.43 Å². The lowest BCUT2D eigenvalue weighted by Gasteiger charge is -2.16. The number of hydrazone groups is 1. The molecule has 5 nitrogen and oxygen atoms in total. The van der Waals surface area contributed by atoms with Crippen molar-refractivity contribution >= 4 is 35.1 Å². The largest absolute Gasteiger partial charge is 0.312 e. The fourth-order valence-corrected chi connectivity index (χ4v) is 3.29. The van der Waals surface area contributed by atoms with Gasteiger partial charge in [-0.3, -0.25) is 9.59 Å². The standard InChI is InChI=1S/C17H17N3O2S/c1-12-7-8-23-15(12)10-18-19-17(22)13-9-16(21)20(11-13)14-5-3-2-4-6-14/h2-8,10,13H,9,11H2,1H3,(H,19,22)/t13-/m1/s1. The summed E-state index contributed by atoms with van der Waals surface area (Å²) in [5, 5.41) is 5.98. The summed E-state index contributed by atoms with van der Waals surface area (Å²) >= 11 is 1.57. The maximum atomic E-state index is 12.2. The first-order valence-electron chi connectivity index (χ1n) is 7.37. The number of para-hydroxylation sites is 1. The van der Waals surface area contributed by atoms with E-state index in [9.17, 15) is 9.59 Å². The van der Waals surface area contributed by atoms with Crippen LogP contribution in [0.2, 0.25) is 0 Å². The average Bonchev–Trinajstić information content (AvgIpc) is 3.14. The van der Waals surface area contributed by atoms with Gasteiger partial charge in [-0.05, 0) is 36.1 Å². The Morgan fingerprint density at radius 3 is 2.83 bits per heavy atom. The zero-order valence-electron chi connectivity index (χ0n) is 12.7. The summed E-state index contributed by atoms with van der Waals surface area (Å²) < 4.78 is 0. The summed E-state index contributed by atoms with van der Waals surface area (Å²) in [6, 6.07) is 11.4. The molecule has 0 spiro atoms. The molecule has 1 fully saturated rings. The number of nitrogens with one attached hydrogen (secondary N) is 1. The van der Waals surface area contributed by atoms with E-state index >= 15 is 0 Å². The number of nitrogens with zero attached hydrogens (tertiary/aromatic N) is 2. The quantitative estimate of drug-likeness (QED) is 0.693. The molecular formula is C17H17N3O2S. The fourth-order valence-electron chi connectivity index (χ4n) is 2.50. The van der Waals surface area contributed by atoms with Crippen molar-refractivity contribution < 1.29 is 9.59 Å². The second-order valence-corrected chi connectivity index (χ2v) is 6.39. The van der Waals surface area contributed by atoms with E-state index in [1.807, 2.05) is 48.7 Å². The van der Waals surface area contributed by atoms with Gasteiger partial charge in [0.15, 0.2) is 0 Å². The zero-order chi connectivity index (χ0) is 16.2. The third-order valence-electron chi connectivity index (χ3n) is 3.82. The van der Waals surface area contributed by atoms with Crippen LogP contribution in [0.3, 0.4) is 0 Å². The lowest BCUT2D eigenvalue weighted by atomic mass is 10.1. The molecule has 2 aromatic rings. The van der Waals surface area contributed by atoms with E-state index in [0.717, 1.165) is 16.1 Å². The molecule has 0 saturated carbocycles. The highest BCUT2D eigenvalue weighted by molar-refractivity contribution is 7.11. The van der Waals surface area contributed by atoms with Crippen molar-refractivity contribution in [3.8, 4) is 0 Å². The molecule has 3 rings (SSSR count). The first-order valence-corrected chi connectivity index (χ1v) is 8.25. The normalized spacial score (nSPS) is 17.9. The number of aryl methyl sites for hydroxylation is 1. The van der Waals surface area contributed by atoms with Crippen molar-refractivity contribution in [2.75, 3.05) is 11.4 Å². The van der Waals surface area contributed by atoms with Gasteiger partial charge in [0, 0.05) is 23.5 Å². The van der Waals surface area contributed by atoms with Crippen LogP contribution in [0, 0.1) is 12.8 Å². The van der Waals surface area contributed by atoms with Crippen LogP contribution in [0.25, 0.3) is 0 Å². The first-order chi connectivity index (χ1) is 11.1. The van der Waals surface area contributed by atoms with Crippen molar-refractivity contribution in [2.24, 2.45) is 11.0 Å². The fraction of sp³-hybridized carbons (Fsp3) is 0.235. The summed E-state index contributed by atoms with van der Waals surface area (Å²) in [5.41, 5.74) is 4.49. The number of amides is 2. The Morgan fingerprint density at radius 2 is 2.13 bits per heavy atom. The van der Waals surface area contributed by atoms with E-state index in [-0.39, 0.29) is 24.2 Å². The van der Waals surface area contributed by atoms with Gasteiger partial charge in [0.05, 0.1) is 12.1 Å². The number of carbonyl (C=O) groups is 2. The van der Waals surface area contributed by atoms with Gasteiger partial charge in [-0.25, -0.2) is 5.43 Å². The van der Waals surface area contributed by atoms with Crippen LogP contribution < -0.4 is 10.3 Å². The molecule has 1 atom stereocenters. The van der Waals surface area contributed by atoms with E-state index in [1.54, 1.807) is 22.5 Å². The zero-order valence-corrected chi connectivity index (χ0v) is 13.5. The number of hydrogen-bond donors (Lipinski definition) is 1. The Bertz CT molecular complexity index is 739. The van der Waals surface area contributed by atoms with Crippen molar-refractivity contribution in [1.29, 1.82) is 0 Å². The highest BCUT2D eigenvalue weighted by atomic mass is 32.1. The number of thiophene rings is 1. The minimum Gasteiger partial charge on any atom is -0.312 e. The predicted octanol–water partition coefficient (Wildman–Crippen LogP) is 2.56. The Hall–Kier alpha value is -2.47. The van der Waals surface area contributed by atoms with Crippen LogP contribution >= 0.6 is 11.3 Å². The molecule has 0 radical (unpaired) electrons. The van der Waals surface area contributed by atoms with Crippen LogP contribution in [-0.2, 0) is 9.59 Å². The third kappa shape index (κ3) is 3.48. The van der Waals surface area contributed by atoms with Gasteiger partial charge in [-0.2, -0.15) is 5.10 Å². The Kier molecular flexibility index (Phi) is 4.52. The molecule has 1 aliphatic heterocycles. The van der Waals surface area contributed by atoms with E-state index < -0.39 is 0 Å². The van der Waals surface area contributed by atoms with Gasteiger partial charge in [0.25, 0.3) is 0 Å². The van der Waals surface area contributed by atoms with Crippen LogP contribution in [0.15, 0.2) is 46.9 Å². The molecule has 1 N–H and O–H groups in total. The van der Waals surface area contributed by atoms with E-state index in [4.69, 9.17) is 0 Å². The summed E-state index contributed by atoms with van der Waals surface area (Å²) in [6.45, 7) is 2.38. The summed E-state index contributed by atoms with van der Waals surface area (Å²) in [6.07, 6.45) is 1.86. The van der Waals surface area contributed by atoms with Crippen LogP contribution in [-0.4, -0.2) is 24.6 Å². The molecule has 1 saturated heterocycles. The topological polar surface area (TPSA) is 61.8 Å². The molecule has 0 aliphatic carbocycles. The van der Waals surface area contributed by atoms with Crippen molar-refractivity contribution in [2.45, 2.75) is 13.3 Å². The molecule has 23 heavy (non-hydrogen) atoms. The number of carbonyl (C=O) groups excluding carboxylic acids is 2. The molecule has 2 amide bonds. The third-order valence-corrected chi connectivity index (χ3v) is 4.78. The Balaban J connectivity index is 1.60. The molecule has 118 valence electrons. The van der Waals surface area contributed by atoms with Gasteiger partial charge in [-0.1, -0.05) is 18.2 Å². The lowest BCUT2D eigenvalue weighted by Crippen LogP contribution is -2.30. The van der Waals surface area contributed by atoms with E-state index in [0.29, 0.717) is 6.54 Å². The SMILES string of the molecule is Cc1ccsc1C=NNC(=O)[C@@H]1CC(=O)N(c2ccccc2)C1. The van der Waals surface area contributed by atoms with Gasteiger partial charge in [0.1, 0.15) is 0 Å². The highest BCUT2D eigenvalue weighted by Gasteiger charge is 2.34. The molecule has 0 bridgehead atoms. The number of anilines is 1. The summed E-state index contributed by atoms with van der Waals surface area (Å²) in [4.78, 5) is 26.9. The average molecular weight is 327 g/mol. The van der Waals surface area contributed by atoms with Gasteiger partial charge >= 0.3 is 0 Å². The van der Waals surface area contributed by atoms with E-state index in [2.05, 4.69) is 10.5 Å². The summed E-state index contributed by atoms with van der Waals surface area (Å²) in [5.74, 6) is -0.624. The minimum atomic E-state index is -0.371. The predicted molar refractivity (Wildman–Crippen MR) is 91.7 cm³/mol. The second kappa shape index (κ2) is 6.75. The maximum Gasteiger partial charge on any atom is 0.245 e. The minimum absolute atomic E-state index is 0.0329. The smallest absolute Gasteiger partial charge is 0.245 e.